The fraction of sp³-hybridized carbons (Fsp3) is 0.235. The minimum atomic E-state index is -0.638. The zero-order valence-corrected chi connectivity index (χ0v) is 12.1. The van der Waals surface area contributed by atoms with Gasteiger partial charge in [0.15, 0.2) is 0 Å². The Morgan fingerprint density at radius 3 is 2.55 bits per heavy atom. The van der Waals surface area contributed by atoms with E-state index in [2.05, 4.69) is 0 Å². The summed E-state index contributed by atoms with van der Waals surface area (Å²) in [4.78, 5) is 13.7. The molecule has 0 unspecified atom stereocenters. The largest absolute Gasteiger partial charge is 0.488 e. The minimum Gasteiger partial charge on any atom is -0.488 e. The average molecular weight is 303 g/mol. The standard InChI is InChI=1S/C17H15F2NO2/c1-20-9-8-11-12(17(20)21)4-2-7-16(11)22-10-13-14(18)5-3-6-15(13)19/h2-7H,8-10H2,1H3. The van der Waals surface area contributed by atoms with E-state index in [1.165, 1.54) is 18.2 Å². The van der Waals surface area contributed by atoms with Crippen LogP contribution < -0.4 is 4.74 Å². The van der Waals surface area contributed by atoms with Crippen LogP contribution in [-0.4, -0.2) is 24.4 Å². The van der Waals surface area contributed by atoms with Crippen molar-refractivity contribution < 1.29 is 18.3 Å². The quantitative estimate of drug-likeness (QED) is 0.871. The molecule has 22 heavy (non-hydrogen) atoms. The number of carbonyl (C=O) groups excluding carboxylic acids is 1. The zero-order valence-electron chi connectivity index (χ0n) is 12.1. The van der Waals surface area contributed by atoms with Crippen LogP contribution in [-0.2, 0) is 13.0 Å². The highest BCUT2D eigenvalue weighted by molar-refractivity contribution is 5.97. The lowest BCUT2D eigenvalue weighted by atomic mass is 9.98. The summed E-state index contributed by atoms with van der Waals surface area (Å²) in [5.74, 6) is -0.841. The first kappa shape index (κ1) is 14.5. The van der Waals surface area contributed by atoms with E-state index in [1.54, 1.807) is 30.1 Å². The number of rotatable bonds is 3. The number of fused-ring (bicyclic) bond motifs is 1. The van der Waals surface area contributed by atoms with Crippen molar-refractivity contribution in [2.24, 2.45) is 0 Å². The number of amides is 1. The van der Waals surface area contributed by atoms with Crippen LogP contribution in [0.1, 0.15) is 21.5 Å². The van der Waals surface area contributed by atoms with Gasteiger partial charge in [-0.15, -0.1) is 0 Å². The van der Waals surface area contributed by atoms with Crippen LogP contribution in [0.15, 0.2) is 36.4 Å². The molecule has 1 heterocycles. The second-order valence-corrected chi connectivity index (χ2v) is 5.25. The molecule has 114 valence electrons. The van der Waals surface area contributed by atoms with Gasteiger partial charge < -0.3 is 9.64 Å². The molecule has 0 aliphatic carbocycles. The first-order valence-electron chi connectivity index (χ1n) is 7.01. The Hall–Kier alpha value is -2.43. The zero-order chi connectivity index (χ0) is 15.7. The number of hydrogen-bond acceptors (Lipinski definition) is 2. The second-order valence-electron chi connectivity index (χ2n) is 5.25. The molecule has 0 saturated heterocycles. The van der Waals surface area contributed by atoms with E-state index in [4.69, 9.17) is 4.74 Å². The van der Waals surface area contributed by atoms with Gasteiger partial charge in [-0.3, -0.25) is 4.79 Å². The topological polar surface area (TPSA) is 29.5 Å². The van der Waals surface area contributed by atoms with E-state index in [9.17, 15) is 13.6 Å². The van der Waals surface area contributed by atoms with Gasteiger partial charge in [-0.05, 0) is 30.7 Å². The van der Waals surface area contributed by atoms with Crippen molar-refractivity contribution in [3.8, 4) is 5.75 Å². The van der Waals surface area contributed by atoms with E-state index in [0.29, 0.717) is 24.3 Å². The number of nitrogens with zero attached hydrogens (tertiary/aromatic N) is 1. The molecule has 1 aliphatic heterocycles. The van der Waals surface area contributed by atoms with Gasteiger partial charge >= 0.3 is 0 Å². The van der Waals surface area contributed by atoms with Crippen LogP contribution in [0.2, 0.25) is 0 Å². The molecule has 5 heteroatoms. The Kier molecular flexibility index (Phi) is 3.79. The smallest absolute Gasteiger partial charge is 0.254 e. The maximum absolute atomic E-state index is 13.6. The summed E-state index contributed by atoms with van der Waals surface area (Å²) in [5, 5.41) is 0. The molecule has 0 bridgehead atoms. The van der Waals surface area contributed by atoms with Crippen LogP contribution in [0, 0.1) is 11.6 Å². The highest BCUT2D eigenvalue weighted by atomic mass is 19.1. The van der Waals surface area contributed by atoms with Crippen molar-refractivity contribution >= 4 is 5.91 Å². The lowest BCUT2D eigenvalue weighted by Crippen LogP contribution is -2.34. The van der Waals surface area contributed by atoms with Crippen LogP contribution in [0.25, 0.3) is 0 Å². The van der Waals surface area contributed by atoms with Gasteiger partial charge in [0, 0.05) is 24.7 Å². The van der Waals surface area contributed by atoms with E-state index < -0.39 is 11.6 Å². The van der Waals surface area contributed by atoms with E-state index in [-0.39, 0.29) is 18.1 Å². The summed E-state index contributed by atoms with van der Waals surface area (Å²) in [6.45, 7) is 0.388. The first-order chi connectivity index (χ1) is 10.6. The number of likely N-dealkylation sites (N-methyl/N-ethyl adjacent to an activating group) is 1. The Morgan fingerprint density at radius 1 is 1.14 bits per heavy atom. The minimum absolute atomic E-state index is 0.0660. The average Bonchev–Trinajstić information content (AvgIpc) is 2.51. The van der Waals surface area contributed by atoms with Gasteiger partial charge in [0.05, 0.1) is 5.56 Å². The Morgan fingerprint density at radius 2 is 1.82 bits per heavy atom. The number of carbonyl (C=O) groups is 1. The maximum Gasteiger partial charge on any atom is 0.254 e. The molecule has 0 aromatic heterocycles. The van der Waals surface area contributed by atoms with Crippen molar-refractivity contribution in [2.45, 2.75) is 13.0 Å². The summed E-state index contributed by atoms with van der Waals surface area (Å²) in [6.07, 6.45) is 0.660. The summed E-state index contributed by atoms with van der Waals surface area (Å²) in [7, 11) is 1.74. The Bertz CT molecular complexity index is 710. The van der Waals surface area contributed by atoms with E-state index >= 15 is 0 Å². The Balaban J connectivity index is 1.87. The summed E-state index contributed by atoms with van der Waals surface area (Å²) in [5.41, 5.74) is 1.27. The third-order valence-electron chi connectivity index (χ3n) is 3.84. The number of halogens is 2. The molecule has 3 rings (SSSR count). The summed E-state index contributed by atoms with van der Waals surface area (Å²) in [6, 6.07) is 8.87. The molecule has 2 aromatic carbocycles. The normalized spacial score (nSPS) is 14.0. The molecular formula is C17H15F2NO2. The monoisotopic (exact) mass is 303 g/mol. The third-order valence-corrected chi connectivity index (χ3v) is 3.84. The van der Waals surface area contributed by atoms with Crippen LogP contribution >= 0.6 is 0 Å². The Labute approximate surface area is 127 Å². The van der Waals surface area contributed by atoms with Gasteiger partial charge in [0.1, 0.15) is 24.0 Å². The molecule has 1 amide bonds. The molecule has 1 aliphatic rings. The van der Waals surface area contributed by atoms with Crippen molar-refractivity contribution in [1.29, 1.82) is 0 Å². The van der Waals surface area contributed by atoms with Crippen LogP contribution in [0.4, 0.5) is 8.78 Å². The first-order valence-corrected chi connectivity index (χ1v) is 7.01. The molecule has 0 N–H and O–H groups in total. The van der Waals surface area contributed by atoms with Gasteiger partial charge in [0.25, 0.3) is 5.91 Å². The third kappa shape index (κ3) is 2.54. The fourth-order valence-electron chi connectivity index (χ4n) is 2.57. The second kappa shape index (κ2) is 5.75. The van der Waals surface area contributed by atoms with Gasteiger partial charge in [0.2, 0.25) is 0 Å². The predicted molar refractivity (Wildman–Crippen MR) is 77.8 cm³/mol. The maximum atomic E-state index is 13.6. The van der Waals surface area contributed by atoms with Crippen LogP contribution in [0.5, 0.6) is 5.75 Å². The van der Waals surface area contributed by atoms with Crippen molar-refractivity contribution in [2.75, 3.05) is 13.6 Å². The highest BCUT2D eigenvalue weighted by Crippen LogP contribution is 2.28. The molecular weight excluding hydrogens is 288 g/mol. The van der Waals surface area contributed by atoms with Gasteiger partial charge in [-0.2, -0.15) is 0 Å². The van der Waals surface area contributed by atoms with Gasteiger partial charge in [-0.1, -0.05) is 12.1 Å². The molecule has 3 nitrogen and oxygen atoms in total. The predicted octanol–water partition coefficient (Wildman–Crippen LogP) is 3.17. The number of hydrogen-bond donors (Lipinski definition) is 0. The summed E-state index contributed by atoms with van der Waals surface area (Å²) >= 11 is 0. The molecule has 0 atom stereocenters. The fourth-order valence-corrected chi connectivity index (χ4v) is 2.57. The highest BCUT2D eigenvalue weighted by Gasteiger charge is 2.24. The molecule has 0 saturated carbocycles. The summed E-state index contributed by atoms with van der Waals surface area (Å²) < 4.78 is 32.8. The molecule has 0 fully saturated rings. The van der Waals surface area contributed by atoms with Crippen molar-refractivity contribution in [3.63, 3.8) is 0 Å². The lowest BCUT2D eigenvalue weighted by molar-refractivity contribution is 0.0779. The van der Waals surface area contributed by atoms with Crippen molar-refractivity contribution in [3.05, 3.63) is 64.7 Å². The lowest BCUT2D eigenvalue weighted by Gasteiger charge is -2.26. The molecule has 2 aromatic rings. The SMILES string of the molecule is CN1CCc2c(OCc3c(F)cccc3F)cccc2C1=O. The molecule has 0 radical (unpaired) electrons. The van der Waals surface area contributed by atoms with Crippen LogP contribution in [0.3, 0.4) is 0 Å². The number of ether oxygens (including phenoxy) is 1. The van der Waals surface area contributed by atoms with E-state index in [1.807, 2.05) is 0 Å². The van der Waals surface area contributed by atoms with Gasteiger partial charge in [-0.25, -0.2) is 8.78 Å². The molecule has 0 spiro atoms. The van der Waals surface area contributed by atoms with Crippen molar-refractivity contribution in [1.82, 2.24) is 4.90 Å². The van der Waals surface area contributed by atoms with E-state index in [0.717, 1.165) is 5.56 Å². The number of benzene rings is 2.